The summed E-state index contributed by atoms with van der Waals surface area (Å²) in [5.41, 5.74) is 0.823. The molecule has 0 aliphatic carbocycles. The second-order valence-electron chi connectivity index (χ2n) is 4.12. The average Bonchev–Trinajstić information content (AvgIpc) is 2.46. The fourth-order valence-corrected chi connectivity index (χ4v) is 1.85. The summed E-state index contributed by atoms with van der Waals surface area (Å²) in [4.78, 5) is 26.1. The third kappa shape index (κ3) is 3.46. The van der Waals surface area contributed by atoms with Gasteiger partial charge in [-0.15, -0.1) is 0 Å². The van der Waals surface area contributed by atoms with E-state index in [0.717, 1.165) is 0 Å². The molecule has 5 nitrogen and oxygen atoms in total. The minimum atomic E-state index is -1.09. The molecular formula is C15H10ClNO4. The van der Waals surface area contributed by atoms with E-state index in [1.807, 2.05) is 0 Å². The molecule has 0 saturated heterocycles. The first-order valence-electron chi connectivity index (χ1n) is 5.88. The van der Waals surface area contributed by atoms with Crippen molar-refractivity contribution in [2.75, 3.05) is 0 Å². The maximum Gasteiger partial charge on any atom is 0.336 e. The minimum absolute atomic E-state index is 0.0538. The van der Waals surface area contributed by atoms with Gasteiger partial charge in [0.2, 0.25) is 0 Å². The lowest BCUT2D eigenvalue weighted by molar-refractivity contribution is 0.0686. The van der Waals surface area contributed by atoms with E-state index in [9.17, 15) is 9.59 Å². The molecule has 2 rings (SSSR count). The van der Waals surface area contributed by atoms with Crippen LogP contribution < -0.4 is 0 Å². The Hall–Kier alpha value is -2.66. The molecule has 0 aliphatic heterocycles. The Morgan fingerprint density at radius 2 is 1.76 bits per heavy atom. The first kappa shape index (κ1) is 14.7. The number of nitrogens with zero attached hydrogens (tertiary/aromatic N) is 1. The van der Waals surface area contributed by atoms with Gasteiger partial charge >= 0.3 is 11.9 Å². The van der Waals surface area contributed by atoms with E-state index in [1.165, 1.54) is 30.5 Å². The lowest BCUT2D eigenvalue weighted by Crippen LogP contribution is -2.01. The van der Waals surface area contributed by atoms with Crippen LogP contribution in [0.1, 0.15) is 26.3 Å². The SMILES string of the molecule is O=C(O)c1ccc(Cl)c(N=Cc2ccccc2C(=O)O)c1. The highest BCUT2D eigenvalue weighted by Gasteiger charge is 2.08. The van der Waals surface area contributed by atoms with Crippen molar-refractivity contribution in [1.82, 2.24) is 0 Å². The van der Waals surface area contributed by atoms with Gasteiger partial charge in [0.25, 0.3) is 0 Å². The molecule has 0 fully saturated rings. The quantitative estimate of drug-likeness (QED) is 0.846. The summed E-state index contributed by atoms with van der Waals surface area (Å²) in [7, 11) is 0. The standard InChI is InChI=1S/C15H10ClNO4/c16-12-6-5-9(14(18)19)7-13(12)17-8-10-3-1-2-4-11(10)15(20)21/h1-8H,(H,18,19)(H,20,21). The summed E-state index contributed by atoms with van der Waals surface area (Å²) in [6, 6.07) is 10.5. The summed E-state index contributed by atoms with van der Waals surface area (Å²) >= 11 is 5.95. The number of benzene rings is 2. The number of carboxylic acid groups (broad SMARTS) is 2. The van der Waals surface area contributed by atoms with Crippen LogP contribution in [0, 0.1) is 0 Å². The molecule has 0 unspecified atom stereocenters. The van der Waals surface area contributed by atoms with Gasteiger partial charge in [0.05, 0.1) is 21.8 Å². The van der Waals surface area contributed by atoms with Crippen LogP contribution in [0.3, 0.4) is 0 Å². The first-order valence-corrected chi connectivity index (χ1v) is 6.26. The number of rotatable bonds is 4. The Morgan fingerprint density at radius 1 is 1.05 bits per heavy atom. The van der Waals surface area contributed by atoms with Crippen molar-refractivity contribution in [1.29, 1.82) is 0 Å². The Bertz CT molecular complexity index is 740. The zero-order valence-electron chi connectivity index (χ0n) is 10.7. The Kier molecular flexibility index (Phi) is 4.35. The highest BCUT2D eigenvalue weighted by Crippen LogP contribution is 2.26. The van der Waals surface area contributed by atoms with Crippen LogP contribution in [0.15, 0.2) is 47.5 Å². The molecule has 0 aliphatic rings. The Morgan fingerprint density at radius 3 is 2.43 bits per heavy atom. The van der Waals surface area contributed by atoms with Gasteiger partial charge in [-0.2, -0.15) is 0 Å². The number of aromatic carboxylic acids is 2. The molecule has 0 radical (unpaired) electrons. The van der Waals surface area contributed by atoms with E-state index in [0.29, 0.717) is 5.56 Å². The van der Waals surface area contributed by atoms with E-state index >= 15 is 0 Å². The van der Waals surface area contributed by atoms with Gasteiger partial charge in [-0.05, 0) is 24.3 Å². The number of hydrogen-bond acceptors (Lipinski definition) is 3. The molecular weight excluding hydrogens is 294 g/mol. The van der Waals surface area contributed by atoms with Crippen LogP contribution in [0.5, 0.6) is 0 Å². The topological polar surface area (TPSA) is 87.0 Å². The molecule has 0 saturated carbocycles. The van der Waals surface area contributed by atoms with Crippen molar-refractivity contribution in [2.45, 2.75) is 0 Å². The molecule has 0 bridgehead atoms. The summed E-state index contributed by atoms with van der Waals surface area (Å²) in [6.07, 6.45) is 1.34. The lowest BCUT2D eigenvalue weighted by Gasteiger charge is -2.02. The zero-order valence-corrected chi connectivity index (χ0v) is 11.4. The number of aliphatic imine (C=N–C) groups is 1. The van der Waals surface area contributed by atoms with Crippen LogP contribution in [0.4, 0.5) is 5.69 Å². The number of carboxylic acids is 2. The molecule has 2 aromatic rings. The molecule has 0 aromatic heterocycles. The molecule has 2 aromatic carbocycles. The van der Waals surface area contributed by atoms with Crippen LogP contribution in [-0.4, -0.2) is 28.4 Å². The predicted molar refractivity (Wildman–Crippen MR) is 79.1 cm³/mol. The van der Waals surface area contributed by atoms with Crippen LogP contribution in [-0.2, 0) is 0 Å². The minimum Gasteiger partial charge on any atom is -0.478 e. The van der Waals surface area contributed by atoms with E-state index in [4.69, 9.17) is 21.8 Å². The molecule has 0 heterocycles. The fourth-order valence-electron chi connectivity index (χ4n) is 1.69. The average molecular weight is 304 g/mol. The third-order valence-electron chi connectivity index (χ3n) is 2.73. The zero-order chi connectivity index (χ0) is 15.4. The van der Waals surface area contributed by atoms with Crippen LogP contribution in [0.25, 0.3) is 0 Å². The monoisotopic (exact) mass is 303 g/mol. The predicted octanol–water partition coefficient (Wildman–Crippen LogP) is 3.49. The molecule has 0 spiro atoms. The maximum absolute atomic E-state index is 11.1. The second-order valence-corrected chi connectivity index (χ2v) is 4.53. The van der Waals surface area contributed by atoms with Crippen molar-refractivity contribution in [2.24, 2.45) is 4.99 Å². The van der Waals surface area contributed by atoms with Crippen molar-refractivity contribution in [3.05, 3.63) is 64.2 Å². The van der Waals surface area contributed by atoms with Crippen molar-refractivity contribution >= 4 is 35.4 Å². The molecule has 0 atom stereocenters. The van der Waals surface area contributed by atoms with Crippen molar-refractivity contribution < 1.29 is 19.8 Å². The molecule has 2 N–H and O–H groups in total. The normalized spacial score (nSPS) is 10.7. The van der Waals surface area contributed by atoms with Gasteiger partial charge < -0.3 is 10.2 Å². The summed E-state index contributed by atoms with van der Waals surface area (Å²) in [5, 5.41) is 18.3. The van der Waals surface area contributed by atoms with Gasteiger partial charge in [-0.1, -0.05) is 29.8 Å². The van der Waals surface area contributed by atoms with Crippen molar-refractivity contribution in [3.63, 3.8) is 0 Å². The van der Waals surface area contributed by atoms with Gasteiger partial charge in [-0.3, -0.25) is 4.99 Å². The van der Waals surface area contributed by atoms with Gasteiger partial charge in [0, 0.05) is 11.8 Å². The Labute approximate surface area is 125 Å². The van der Waals surface area contributed by atoms with Crippen molar-refractivity contribution in [3.8, 4) is 0 Å². The summed E-state index contributed by atoms with van der Waals surface area (Å²) < 4.78 is 0. The van der Waals surface area contributed by atoms with Crippen LogP contribution in [0.2, 0.25) is 5.02 Å². The lowest BCUT2D eigenvalue weighted by atomic mass is 10.1. The smallest absolute Gasteiger partial charge is 0.336 e. The highest BCUT2D eigenvalue weighted by molar-refractivity contribution is 6.33. The fraction of sp³-hybridized carbons (Fsp3) is 0. The number of hydrogen-bond donors (Lipinski definition) is 2. The maximum atomic E-state index is 11.1. The third-order valence-corrected chi connectivity index (χ3v) is 3.05. The van der Waals surface area contributed by atoms with E-state index < -0.39 is 11.9 Å². The molecule has 0 amide bonds. The molecule has 21 heavy (non-hydrogen) atoms. The summed E-state index contributed by atoms with van der Waals surface area (Å²) in [6.45, 7) is 0. The second kappa shape index (κ2) is 6.19. The summed E-state index contributed by atoms with van der Waals surface area (Å²) in [5.74, 6) is -2.16. The van der Waals surface area contributed by atoms with Gasteiger partial charge in [0.1, 0.15) is 0 Å². The van der Waals surface area contributed by atoms with E-state index in [1.54, 1.807) is 18.2 Å². The number of halogens is 1. The van der Waals surface area contributed by atoms with E-state index in [2.05, 4.69) is 4.99 Å². The molecule has 106 valence electrons. The first-order chi connectivity index (χ1) is 9.99. The van der Waals surface area contributed by atoms with Gasteiger partial charge in [0.15, 0.2) is 0 Å². The van der Waals surface area contributed by atoms with Crippen LogP contribution >= 0.6 is 11.6 Å². The molecule has 6 heteroatoms. The largest absolute Gasteiger partial charge is 0.478 e. The highest BCUT2D eigenvalue weighted by atomic mass is 35.5. The van der Waals surface area contributed by atoms with E-state index in [-0.39, 0.29) is 21.8 Å². The number of carbonyl (C=O) groups is 2. The Balaban J connectivity index is 2.40. The van der Waals surface area contributed by atoms with Gasteiger partial charge in [-0.25, -0.2) is 9.59 Å².